The standard InChI is InChI=1S/C10H12N2O2/c1-2-9(11)10(13)14-7-8-4-3-5-12-6-8/h2-6H,7,11H2,1H3/b9-2-. The van der Waals surface area contributed by atoms with Crippen LogP contribution >= 0.6 is 0 Å². The molecule has 4 heteroatoms. The van der Waals surface area contributed by atoms with Crippen LogP contribution in [-0.2, 0) is 16.1 Å². The Kier molecular flexibility index (Phi) is 3.67. The third-order valence-electron chi connectivity index (χ3n) is 1.64. The fraction of sp³-hybridized carbons (Fsp3) is 0.200. The first-order valence-electron chi connectivity index (χ1n) is 4.22. The lowest BCUT2D eigenvalue weighted by Gasteiger charge is -2.03. The summed E-state index contributed by atoms with van der Waals surface area (Å²) < 4.78 is 4.91. The van der Waals surface area contributed by atoms with E-state index in [9.17, 15) is 4.79 Å². The fourth-order valence-corrected chi connectivity index (χ4v) is 0.834. The van der Waals surface area contributed by atoms with Gasteiger partial charge in [-0.3, -0.25) is 4.98 Å². The molecule has 14 heavy (non-hydrogen) atoms. The molecule has 0 spiro atoms. The largest absolute Gasteiger partial charge is 0.456 e. The quantitative estimate of drug-likeness (QED) is 0.573. The summed E-state index contributed by atoms with van der Waals surface area (Å²) in [6, 6.07) is 3.61. The van der Waals surface area contributed by atoms with E-state index in [1.54, 1.807) is 25.4 Å². The summed E-state index contributed by atoms with van der Waals surface area (Å²) in [6.45, 7) is 1.88. The van der Waals surface area contributed by atoms with Crippen LogP contribution in [0.15, 0.2) is 36.3 Å². The Labute approximate surface area is 82.4 Å². The van der Waals surface area contributed by atoms with Crippen LogP contribution in [-0.4, -0.2) is 11.0 Å². The highest BCUT2D eigenvalue weighted by Crippen LogP contribution is 2.00. The molecule has 0 atom stereocenters. The first-order valence-corrected chi connectivity index (χ1v) is 4.22. The van der Waals surface area contributed by atoms with Crippen molar-refractivity contribution in [1.82, 2.24) is 4.98 Å². The van der Waals surface area contributed by atoms with Crippen LogP contribution in [0.25, 0.3) is 0 Å². The summed E-state index contributed by atoms with van der Waals surface area (Å²) in [4.78, 5) is 15.0. The number of allylic oxidation sites excluding steroid dienone is 1. The number of hydrogen-bond acceptors (Lipinski definition) is 4. The van der Waals surface area contributed by atoms with E-state index in [1.807, 2.05) is 6.07 Å². The van der Waals surface area contributed by atoms with E-state index < -0.39 is 5.97 Å². The molecule has 1 rings (SSSR count). The Morgan fingerprint density at radius 2 is 2.50 bits per heavy atom. The molecule has 0 saturated heterocycles. The Balaban J connectivity index is 2.46. The highest BCUT2D eigenvalue weighted by atomic mass is 16.5. The Bertz CT molecular complexity index is 333. The summed E-state index contributed by atoms with van der Waals surface area (Å²) in [5.41, 5.74) is 6.31. The van der Waals surface area contributed by atoms with Crippen molar-refractivity contribution in [3.8, 4) is 0 Å². The third kappa shape index (κ3) is 2.90. The number of aromatic nitrogens is 1. The first kappa shape index (κ1) is 10.2. The maximum Gasteiger partial charge on any atom is 0.354 e. The molecule has 0 unspecified atom stereocenters. The number of rotatable bonds is 3. The van der Waals surface area contributed by atoms with Crippen molar-refractivity contribution in [2.45, 2.75) is 13.5 Å². The molecule has 0 aromatic carbocycles. The predicted octanol–water partition coefficient (Wildman–Crippen LogP) is 0.987. The summed E-state index contributed by atoms with van der Waals surface area (Å²) in [5, 5.41) is 0. The highest BCUT2D eigenvalue weighted by molar-refractivity contribution is 5.87. The average molecular weight is 192 g/mol. The van der Waals surface area contributed by atoms with Crippen molar-refractivity contribution in [2.75, 3.05) is 0 Å². The van der Waals surface area contributed by atoms with Crippen LogP contribution in [0.3, 0.4) is 0 Å². The lowest BCUT2D eigenvalue weighted by molar-refractivity contribution is -0.140. The van der Waals surface area contributed by atoms with Crippen molar-refractivity contribution in [1.29, 1.82) is 0 Å². The van der Waals surface area contributed by atoms with E-state index in [4.69, 9.17) is 10.5 Å². The minimum Gasteiger partial charge on any atom is -0.456 e. The molecule has 0 fully saturated rings. The molecule has 0 aliphatic rings. The molecular weight excluding hydrogens is 180 g/mol. The van der Waals surface area contributed by atoms with Crippen LogP contribution < -0.4 is 5.73 Å². The van der Waals surface area contributed by atoms with E-state index >= 15 is 0 Å². The summed E-state index contributed by atoms with van der Waals surface area (Å²) in [7, 11) is 0. The van der Waals surface area contributed by atoms with Crippen molar-refractivity contribution in [2.24, 2.45) is 5.73 Å². The summed E-state index contributed by atoms with van der Waals surface area (Å²) in [5.74, 6) is -0.503. The van der Waals surface area contributed by atoms with Gasteiger partial charge in [-0.25, -0.2) is 4.79 Å². The second kappa shape index (κ2) is 5.01. The van der Waals surface area contributed by atoms with Crippen LogP contribution in [0.5, 0.6) is 0 Å². The smallest absolute Gasteiger partial charge is 0.354 e. The van der Waals surface area contributed by atoms with E-state index in [-0.39, 0.29) is 12.3 Å². The van der Waals surface area contributed by atoms with Crippen molar-refractivity contribution < 1.29 is 9.53 Å². The van der Waals surface area contributed by atoms with Gasteiger partial charge in [0.2, 0.25) is 0 Å². The van der Waals surface area contributed by atoms with Crippen molar-refractivity contribution in [3.63, 3.8) is 0 Å². The molecule has 1 aromatic rings. The normalized spacial score (nSPS) is 11.1. The number of nitrogens with two attached hydrogens (primary N) is 1. The molecule has 1 heterocycles. The molecule has 0 aliphatic heterocycles. The Hall–Kier alpha value is -1.84. The number of carbonyl (C=O) groups excluding carboxylic acids is 1. The third-order valence-corrected chi connectivity index (χ3v) is 1.64. The number of carbonyl (C=O) groups is 1. The van der Waals surface area contributed by atoms with E-state index in [0.29, 0.717) is 0 Å². The lowest BCUT2D eigenvalue weighted by Crippen LogP contribution is -2.14. The van der Waals surface area contributed by atoms with Gasteiger partial charge >= 0.3 is 5.97 Å². The molecule has 0 aliphatic carbocycles. The topological polar surface area (TPSA) is 65.2 Å². The van der Waals surface area contributed by atoms with Crippen LogP contribution in [0.4, 0.5) is 0 Å². The van der Waals surface area contributed by atoms with Crippen molar-refractivity contribution >= 4 is 5.97 Å². The molecule has 1 aromatic heterocycles. The zero-order chi connectivity index (χ0) is 10.4. The second-order valence-corrected chi connectivity index (χ2v) is 2.68. The van der Waals surface area contributed by atoms with Crippen LogP contribution in [0, 0.1) is 0 Å². The fourth-order valence-electron chi connectivity index (χ4n) is 0.834. The molecule has 0 amide bonds. The Morgan fingerprint density at radius 1 is 1.71 bits per heavy atom. The van der Waals surface area contributed by atoms with Crippen molar-refractivity contribution in [3.05, 3.63) is 41.9 Å². The van der Waals surface area contributed by atoms with Gasteiger partial charge in [0.1, 0.15) is 12.3 Å². The zero-order valence-electron chi connectivity index (χ0n) is 7.93. The Morgan fingerprint density at radius 3 is 3.07 bits per heavy atom. The van der Waals surface area contributed by atoms with Gasteiger partial charge in [-0.2, -0.15) is 0 Å². The number of pyridine rings is 1. The lowest BCUT2D eigenvalue weighted by atomic mass is 10.3. The molecule has 0 saturated carbocycles. The zero-order valence-corrected chi connectivity index (χ0v) is 7.93. The van der Waals surface area contributed by atoms with Crippen LogP contribution in [0.1, 0.15) is 12.5 Å². The molecule has 74 valence electrons. The van der Waals surface area contributed by atoms with Gasteiger partial charge in [0.15, 0.2) is 0 Å². The number of ether oxygens (including phenoxy) is 1. The summed E-state index contributed by atoms with van der Waals surface area (Å²) in [6.07, 6.45) is 4.80. The highest BCUT2D eigenvalue weighted by Gasteiger charge is 2.04. The molecule has 0 radical (unpaired) electrons. The predicted molar refractivity (Wildman–Crippen MR) is 52.0 cm³/mol. The number of esters is 1. The van der Waals surface area contributed by atoms with Crippen LogP contribution in [0.2, 0.25) is 0 Å². The molecule has 0 bridgehead atoms. The van der Waals surface area contributed by atoms with E-state index in [2.05, 4.69) is 4.98 Å². The first-order chi connectivity index (χ1) is 6.74. The maximum absolute atomic E-state index is 11.1. The van der Waals surface area contributed by atoms with Gasteiger partial charge in [-0.1, -0.05) is 12.1 Å². The average Bonchev–Trinajstić information content (AvgIpc) is 2.26. The summed E-state index contributed by atoms with van der Waals surface area (Å²) >= 11 is 0. The molecule has 2 N–H and O–H groups in total. The van der Waals surface area contributed by atoms with Gasteiger partial charge in [0.25, 0.3) is 0 Å². The van der Waals surface area contributed by atoms with E-state index in [0.717, 1.165) is 5.56 Å². The SMILES string of the molecule is C/C=C(\N)C(=O)OCc1cccnc1. The van der Waals surface area contributed by atoms with Gasteiger partial charge < -0.3 is 10.5 Å². The minimum absolute atomic E-state index is 0.119. The van der Waals surface area contributed by atoms with Gasteiger partial charge in [-0.15, -0.1) is 0 Å². The van der Waals surface area contributed by atoms with E-state index in [1.165, 1.54) is 6.08 Å². The number of nitrogens with zero attached hydrogens (tertiary/aromatic N) is 1. The molecule has 4 nitrogen and oxygen atoms in total. The minimum atomic E-state index is -0.503. The van der Waals surface area contributed by atoms with Gasteiger partial charge in [-0.05, 0) is 13.0 Å². The monoisotopic (exact) mass is 192 g/mol. The van der Waals surface area contributed by atoms with Gasteiger partial charge in [0.05, 0.1) is 0 Å². The maximum atomic E-state index is 11.1. The molecular formula is C10H12N2O2. The number of hydrogen-bond donors (Lipinski definition) is 1. The second-order valence-electron chi connectivity index (χ2n) is 2.68. The van der Waals surface area contributed by atoms with Gasteiger partial charge in [0, 0.05) is 18.0 Å².